The molecule has 128 valence electrons. The van der Waals surface area contributed by atoms with E-state index in [4.69, 9.17) is 25.8 Å². The van der Waals surface area contributed by atoms with E-state index in [2.05, 4.69) is 20.0 Å². The molecule has 0 aromatic heterocycles. The lowest BCUT2D eigenvalue weighted by Crippen LogP contribution is -2.10. The zero-order valence-corrected chi connectivity index (χ0v) is 15.5. The second-order valence-corrected chi connectivity index (χ2v) is 5.50. The van der Waals surface area contributed by atoms with Crippen LogP contribution in [0.25, 0.3) is 0 Å². The third-order valence-corrected chi connectivity index (χ3v) is 3.86. The maximum absolute atomic E-state index is 5.93. The standard InChI is InChI=1S/C18H26ClNO3/c1-7-13(2)11-20(12-14(3)10-19)15-8-16(21-4)18(23-6)17(9-15)22-5/h8-9,11-12H,7,10H2,1-6H3/b13-11+,14-12+. The summed E-state index contributed by atoms with van der Waals surface area (Å²) in [6, 6.07) is 3.83. The summed E-state index contributed by atoms with van der Waals surface area (Å²) in [6.07, 6.45) is 5.05. The van der Waals surface area contributed by atoms with E-state index in [0.717, 1.165) is 17.7 Å². The van der Waals surface area contributed by atoms with Crippen molar-refractivity contribution in [1.29, 1.82) is 0 Å². The van der Waals surface area contributed by atoms with E-state index in [1.165, 1.54) is 5.57 Å². The van der Waals surface area contributed by atoms with Gasteiger partial charge in [0, 0.05) is 30.4 Å². The van der Waals surface area contributed by atoms with Crippen LogP contribution in [-0.4, -0.2) is 27.2 Å². The van der Waals surface area contributed by atoms with Crippen molar-refractivity contribution >= 4 is 17.3 Å². The van der Waals surface area contributed by atoms with Gasteiger partial charge in [-0.25, -0.2) is 0 Å². The van der Waals surface area contributed by atoms with Gasteiger partial charge < -0.3 is 19.1 Å². The number of hydrogen-bond donors (Lipinski definition) is 0. The highest BCUT2D eigenvalue weighted by Gasteiger charge is 2.15. The van der Waals surface area contributed by atoms with Crippen molar-refractivity contribution in [3.63, 3.8) is 0 Å². The molecule has 0 heterocycles. The zero-order chi connectivity index (χ0) is 17.4. The lowest BCUT2D eigenvalue weighted by atomic mass is 10.2. The molecule has 0 radical (unpaired) electrons. The van der Waals surface area contributed by atoms with Gasteiger partial charge in [0.15, 0.2) is 11.5 Å². The van der Waals surface area contributed by atoms with Gasteiger partial charge in [-0.2, -0.15) is 0 Å². The van der Waals surface area contributed by atoms with Crippen LogP contribution in [0.3, 0.4) is 0 Å². The van der Waals surface area contributed by atoms with E-state index in [-0.39, 0.29) is 0 Å². The summed E-state index contributed by atoms with van der Waals surface area (Å²) in [5, 5.41) is 0. The molecule has 0 aliphatic carbocycles. The first-order chi connectivity index (χ1) is 11.0. The second kappa shape index (κ2) is 9.36. The first-order valence-corrected chi connectivity index (χ1v) is 8.03. The van der Waals surface area contributed by atoms with Gasteiger partial charge >= 0.3 is 0 Å². The molecule has 0 N–H and O–H groups in total. The van der Waals surface area contributed by atoms with E-state index in [1.807, 2.05) is 30.2 Å². The summed E-state index contributed by atoms with van der Waals surface area (Å²) in [7, 11) is 4.81. The van der Waals surface area contributed by atoms with E-state index >= 15 is 0 Å². The van der Waals surface area contributed by atoms with Crippen molar-refractivity contribution in [3.05, 3.63) is 35.7 Å². The molecule has 0 saturated carbocycles. The molecular weight excluding hydrogens is 314 g/mol. The van der Waals surface area contributed by atoms with Crippen LogP contribution in [0.5, 0.6) is 17.2 Å². The van der Waals surface area contributed by atoms with Crippen molar-refractivity contribution in [2.75, 3.05) is 32.1 Å². The van der Waals surface area contributed by atoms with Crippen LogP contribution in [0.4, 0.5) is 5.69 Å². The van der Waals surface area contributed by atoms with Crippen molar-refractivity contribution in [1.82, 2.24) is 0 Å². The Morgan fingerprint density at radius 3 is 1.91 bits per heavy atom. The van der Waals surface area contributed by atoms with E-state index in [9.17, 15) is 0 Å². The average molecular weight is 340 g/mol. The monoisotopic (exact) mass is 339 g/mol. The average Bonchev–Trinajstić information content (AvgIpc) is 2.59. The molecule has 0 amide bonds. The van der Waals surface area contributed by atoms with Crippen molar-refractivity contribution in [2.45, 2.75) is 27.2 Å². The van der Waals surface area contributed by atoms with Crippen LogP contribution in [0.1, 0.15) is 27.2 Å². The molecule has 0 unspecified atom stereocenters. The normalized spacial score (nSPS) is 12.1. The second-order valence-electron chi connectivity index (χ2n) is 5.23. The van der Waals surface area contributed by atoms with Crippen molar-refractivity contribution in [2.24, 2.45) is 0 Å². The van der Waals surface area contributed by atoms with Crippen LogP contribution in [-0.2, 0) is 0 Å². The summed E-state index contributed by atoms with van der Waals surface area (Å²) in [4.78, 5) is 2.03. The van der Waals surface area contributed by atoms with Gasteiger partial charge in [-0.05, 0) is 25.8 Å². The molecule has 4 nitrogen and oxygen atoms in total. The molecule has 0 bridgehead atoms. The number of hydrogen-bond acceptors (Lipinski definition) is 4. The molecule has 0 spiro atoms. The van der Waals surface area contributed by atoms with Crippen LogP contribution < -0.4 is 19.1 Å². The molecule has 0 aliphatic heterocycles. The third kappa shape index (κ3) is 5.10. The Hall–Kier alpha value is -1.81. The minimum atomic E-state index is 0.472. The van der Waals surface area contributed by atoms with Gasteiger partial charge in [0.1, 0.15) is 0 Å². The third-order valence-electron chi connectivity index (χ3n) is 3.44. The molecule has 5 heteroatoms. The number of methoxy groups -OCH3 is 3. The molecule has 1 aromatic carbocycles. The summed E-state index contributed by atoms with van der Waals surface area (Å²) < 4.78 is 16.2. The Morgan fingerprint density at radius 2 is 1.52 bits per heavy atom. The fourth-order valence-corrected chi connectivity index (χ4v) is 2.07. The highest BCUT2D eigenvalue weighted by Crippen LogP contribution is 2.41. The molecule has 0 aliphatic rings. The molecule has 1 rings (SSSR count). The number of allylic oxidation sites excluding steroid dienone is 2. The van der Waals surface area contributed by atoms with Crippen molar-refractivity contribution < 1.29 is 14.2 Å². The Balaban J connectivity index is 3.46. The maximum Gasteiger partial charge on any atom is 0.203 e. The van der Waals surface area contributed by atoms with Gasteiger partial charge in [-0.15, -0.1) is 11.6 Å². The lowest BCUT2D eigenvalue weighted by Gasteiger charge is -2.21. The lowest BCUT2D eigenvalue weighted by molar-refractivity contribution is 0.324. The van der Waals surface area contributed by atoms with Gasteiger partial charge in [0.2, 0.25) is 5.75 Å². The smallest absolute Gasteiger partial charge is 0.203 e. The molecule has 0 atom stereocenters. The van der Waals surface area contributed by atoms with E-state index in [0.29, 0.717) is 23.1 Å². The first kappa shape index (κ1) is 19.2. The van der Waals surface area contributed by atoms with Crippen LogP contribution in [0, 0.1) is 0 Å². The van der Waals surface area contributed by atoms with Gasteiger partial charge in [-0.1, -0.05) is 12.5 Å². The fourth-order valence-electron chi connectivity index (χ4n) is 2.00. The molecule has 23 heavy (non-hydrogen) atoms. The predicted molar refractivity (Wildman–Crippen MR) is 97.1 cm³/mol. The Kier molecular flexibility index (Phi) is 7.83. The number of halogens is 1. The highest BCUT2D eigenvalue weighted by molar-refractivity contribution is 6.19. The molecule has 1 aromatic rings. The number of ether oxygens (including phenoxy) is 3. The molecule has 0 fully saturated rings. The van der Waals surface area contributed by atoms with Gasteiger partial charge in [0.25, 0.3) is 0 Å². The van der Waals surface area contributed by atoms with Crippen LogP contribution in [0.15, 0.2) is 35.7 Å². The number of benzene rings is 1. The minimum absolute atomic E-state index is 0.472. The van der Waals surface area contributed by atoms with E-state index < -0.39 is 0 Å². The Bertz CT molecular complexity index is 537. The SMILES string of the molecule is CC/C(C)=C/N(/C=C(\C)CCl)c1cc(OC)c(OC)c(OC)c1. The quantitative estimate of drug-likeness (QED) is 0.625. The number of rotatable bonds is 8. The topological polar surface area (TPSA) is 30.9 Å². The van der Waals surface area contributed by atoms with Crippen LogP contribution >= 0.6 is 11.6 Å². The Labute approximate surface area is 144 Å². The van der Waals surface area contributed by atoms with Crippen LogP contribution in [0.2, 0.25) is 0 Å². The number of anilines is 1. The Morgan fingerprint density at radius 1 is 1.00 bits per heavy atom. The van der Waals surface area contributed by atoms with Gasteiger partial charge in [-0.3, -0.25) is 0 Å². The summed E-state index contributed by atoms with van der Waals surface area (Å²) >= 11 is 5.93. The zero-order valence-electron chi connectivity index (χ0n) is 14.8. The predicted octanol–water partition coefficient (Wildman–Crippen LogP) is 4.98. The number of alkyl halides is 1. The fraction of sp³-hybridized carbons (Fsp3) is 0.444. The minimum Gasteiger partial charge on any atom is -0.493 e. The first-order valence-electron chi connectivity index (χ1n) is 7.49. The van der Waals surface area contributed by atoms with E-state index in [1.54, 1.807) is 21.3 Å². The summed E-state index contributed by atoms with van der Waals surface area (Å²) in [6.45, 7) is 6.21. The molecule has 0 saturated heterocycles. The largest absolute Gasteiger partial charge is 0.493 e. The summed E-state index contributed by atoms with van der Waals surface area (Å²) in [5.41, 5.74) is 3.22. The number of nitrogens with zero attached hydrogens (tertiary/aromatic N) is 1. The molecular formula is C18H26ClNO3. The van der Waals surface area contributed by atoms with Crippen molar-refractivity contribution in [3.8, 4) is 17.2 Å². The summed E-state index contributed by atoms with van der Waals surface area (Å²) in [5.74, 6) is 2.28. The maximum atomic E-state index is 5.93. The van der Waals surface area contributed by atoms with Gasteiger partial charge in [0.05, 0.1) is 27.0 Å². The highest BCUT2D eigenvalue weighted by atomic mass is 35.5.